The molecular weight excluding hydrogens is 282 g/mol. The molecule has 0 spiro atoms. The fraction of sp³-hybridized carbons (Fsp3) is 0.353. The number of carbonyl (C=O) groups excluding carboxylic acids is 3. The maximum absolute atomic E-state index is 12.3. The van der Waals surface area contributed by atoms with E-state index in [1.165, 1.54) is 14.0 Å². The van der Waals surface area contributed by atoms with E-state index in [4.69, 9.17) is 4.74 Å². The molecule has 0 radical (unpaired) electrons. The molecule has 5 heteroatoms. The van der Waals surface area contributed by atoms with Gasteiger partial charge in [0.1, 0.15) is 0 Å². The molecule has 0 bridgehead atoms. The Morgan fingerprint density at radius 3 is 2.36 bits per heavy atom. The van der Waals surface area contributed by atoms with Crippen molar-refractivity contribution in [2.75, 3.05) is 7.11 Å². The maximum atomic E-state index is 12.3. The molecule has 0 saturated heterocycles. The Morgan fingerprint density at radius 1 is 1.23 bits per heavy atom. The van der Waals surface area contributed by atoms with Crippen molar-refractivity contribution in [3.63, 3.8) is 0 Å². The van der Waals surface area contributed by atoms with E-state index in [0.29, 0.717) is 0 Å². The topological polar surface area (TPSA) is 72.5 Å². The van der Waals surface area contributed by atoms with Gasteiger partial charge in [0.15, 0.2) is 5.78 Å². The van der Waals surface area contributed by atoms with Crippen LogP contribution in [-0.4, -0.2) is 30.3 Å². The molecule has 0 aliphatic heterocycles. The predicted octanol–water partition coefficient (Wildman–Crippen LogP) is 2.12. The van der Waals surface area contributed by atoms with Crippen LogP contribution in [0.2, 0.25) is 0 Å². The molecule has 0 heterocycles. The molecule has 0 saturated carbocycles. The number of carbonyl (C=O) groups is 3. The van der Waals surface area contributed by atoms with Crippen LogP contribution in [0.15, 0.2) is 36.4 Å². The van der Waals surface area contributed by atoms with Gasteiger partial charge in [-0.15, -0.1) is 0 Å². The number of hydrogen-bond donors (Lipinski definition) is 1. The highest BCUT2D eigenvalue weighted by molar-refractivity contribution is 6.11. The quantitative estimate of drug-likeness (QED) is 0.618. The lowest BCUT2D eigenvalue weighted by Crippen LogP contribution is -2.59. The summed E-state index contributed by atoms with van der Waals surface area (Å²) in [5, 5.41) is 2.47. The summed E-state index contributed by atoms with van der Waals surface area (Å²) in [7, 11) is 1.20. The minimum absolute atomic E-state index is 0.0425. The first-order chi connectivity index (χ1) is 10.5. The van der Waals surface area contributed by atoms with Gasteiger partial charge in [-0.25, -0.2) is 4.79 Å². The van der Waals surface area contributed by atoms with Crippen LogP contribution in [0, 0.1) is 0 Å². The van der Waals surface area contributed by atoms with Gasteiger partial charge in [0.05, 0.1) is 7.11 Å². The Kier molecular flexibility index (Phi) is 6.50. The summed E-state index contributed by atoms with van der Waals surface area (Å²) in [5.74, 6) is -1.60. The van der Waals surface area contributed by atoms with Gasteiger partial charge in [-0.2, -0.15) is 0 Å². The highest BCUT2D eigenvalue weighted by atomic mass is 16.5. The molecule has 0 aliphatic rings. The van der Waals surface area contributed by atoms with Crippen LogP contribution in [0.5, 0.6) is 0 Å². The average Bonchev–Trinajstić information content (AvgIpc) is 2.52. The number of amides is 1. The van der Waals surface area contributed by atoms with Crippen LogP contribution >= 0.6 is 0 Å². The smallest absolute Gasteiger partial charge is 0.339 e. The number of benzene rings is 1. The van der Waals surface area contributed by atoms with Crippen molar-refractivity contribution in [1.82, 2.24) is 5.32 Å². The second-order valence-electron chi connectivity index (χ2n) is 4.87. The van der Waals surface area contributed by atoms with Gasteiger partial charge in [-0.1, -0.05) is 49.4 Å². The van der Waals surface area contributed by atoms with E-state index in [9.17, 15) is 14.4 Å². The van der Waals surface area contributed by atoms with E-state index < -0.39 is 17.4 Å². The highest BCUT2D eigenvalue weighted by Crippen LogP contribution is 2.18. The fourth-order valence-corrected chi connectivity index (χ4v) is 2.20. The lowest BCUT2D eigenvalue weighted by molar-refractivity contribution is -0.155. The number of ether oxygens (including phenoxy) is 1. The third-order valence-corrected chi connectivity index (χ3v) is 3.25. The minimum atomic E-state index is -1.67. The van der Waals surface area contributed by atoms with E-state index in [1.54, 1.807) is 19.1 Å². The Labute approximate surface area is 130 Å². The molecule has 5 nitrogen and oxygen atoms in total. The van der Waals surface area contributed by atoms with E-state index in [1.807, 2.05) is 30.3 Å². The largest absolute Gasteiger partial charge is 0.467 e. The van der Waals surface area contributed by atoms with Crippen molar-refractivity contribution in [2.24, 2.45) is 0 Å². The minimum Gasteiger partial charge on any atom is -0.467 e. The molecule has 1 amide bonds. The van der Waals surface area contributed by atoms with Gasteiger partial charge in [0.2, 0.25) is 11.4 Å². The molecule has 1 unspecified atom stereocenters. The van der Waals surface area contributed by atoms with E-state index in [-0.39, 0.29) is 18.6 Å². The summed E-state index contributed by atoms with van der Waals surface area (Å²) in [4.78, 5) is 35.8. The van der Waals surface area contributed by atoms with Crippen molar-refractivity contribution >= 4 is 23.7 Å². The molecule has 0 fully saturated rings. The first-order valence-corrected chi connectivity index (χ1v) is 7.08. The molecule has 118 valence electrons. The lowest BCUT2D eigenvalue weighted by Gasteiger charge is -2.28. The summed E-state index contributed by atoms with van der Waals surface area (Å²) >= 11 is 0. The number of hydrogen-bond acceptors (Lipinski definition) is 4. The molecule has 0 aliphatic carbocycles. The maximum Gasteiger partial charge on any atom is 0.339 e. The number of ketones is 1. The second-order valence-corrected chi connectivity index (χ2v) is 4.87. The van der Waals surface area contributed by atoms with Crippen molar-refractivity contribution in [2.45, 2.75) is 32.2 Å². The predicted molar refractivity (Wildman–Crippen MR) is 84.0 cm³/mol. The summed E-state index contributed by atoms with van der Waals surface area (Å²) in [6, 6.07) is 9.47. The number of esters is 1. The molecule has 0 aromatic heterocycles. The molecule has 1 rings (SSSR count). The van der Waals surface area contributed by atoms with Crippen molar-refractivity contribution in [3.05, 3.63) is 42.0 Å². The Morgan fingerprint density at radius 2 is 1.86 bits per heavy atom. The van der Waals surface area contributed by atoms with Gasteiger partial charge in [-0.05, 0) is 5.56 Å². The monoisotopic (exact) mass is 303 g/mol. The summed E-state index contributed by atoms with van der Waals surface area (Å²) in [6.07, 6.45) is 3.65. The fourth-order valence-electron chi connectivity index (χ4n) is 2.20. The first-order valence-electron chi connectivity index (χ1n) is 7.08. The Bertz CT molecular complexity index is 547. The molecule has 1 aromatic rings. The van der Waals surface area contributed by atoms with Crippen molar-refractivity contribution in [1.29, 1.82) is 0 Å². The SMILES string of the molecule is CCC(=O)C(C/C=C/c1ccccc1)(NC(C)=O)C(=O)OC. The highest BCUT2D eigenvalue weighted by Gasteiger charge is 2.45. The molecule has 22 heavy (non-hydrogen) atoms. The van der Waals surface area contributed by atoms with E-state index in [0.717, 1.165) is 5.56 Å². The number of methoxy groups -OCH3 is 1. The van der Waals surface area contributed by atoms with Gasteiger partial charge in [0.25, 0.3) is 0 Å². The lowest BCUT2D eigenvalue weighted by atomic mass is 9.87. The third kappa shape index (κ3) is 4.28. The third-order valence-electron chi connectivity index (χ3n) is 3.25. The molecule has 1 N–H and O–H groups in total. The van der Waals surface area contributed by atoms with Crippen LogP contribution in [-0.2, 0) is 19.1 Å². The van der Waals surface area contributed by atoms with Crippen LogP contribution in [0.1, 0.15) is 32.3 Å². The summed E-state index contributed by atoms with van der Waals surface area (Å²) < 4.78 is 4.73. The summed E-state index contributed by atoms with van der Waals surface area (Å²) in [5.41, 5.74) is -0.728. The van der Waals surface area contributed by atoms with E-state index in [2.05, 4.69) is 5.32 Å². The van der Waals surface area contributed by atoms with Crippen molar-refractivity contribution < 1.29 is 19.1 Å². The number of Topliss-reactive ketones (excluding diaryl/α,β-unsaturated/α-hetero) is 1. The van der Waals surface area contributed by atoms with Gasteiger partial charge in [-0.3, -0.25) is 9.59 Å². The normalized spacial score (nSPS) is 13.4. The first kappa shape index (κ1) is 17.6. The number of rotatable bonds is 7. The van der Waals surface area contributed by atoms with Gasteiger partial charge in [0, 0.05) is 19.8 Å². The Balaban J connectivity index is 3.07. The zero-order chi connectivity index (χ0) is 16.6. The van der Waals surface area contributed by atoms with Crippen LogP contribution in [0.3, 0.4) is 0 Å². The van der Waals surface area contributed by atoms with Crippen LogP contribution in [0.25, 0.3) is 6.08 Å². The Hall–Kier alpha value is -2.43. The standard InChI is InChI=1S/C17H21NO4/c1-4-15(20)17(16(21)22-3,18-13(2)19)12-8-11-14-9-6-5-7-10-14/h5-11H,4,12H2,1-3H3,(H,18,19)/b11-8+. The molecule has 1 atom stereocenters. The molecule has 1 aromatic carbocycles. The van der Waals surface area contributed by atoms with Crippen molar-refractivity contribution in [3.8, 4) is 0 Å². The van der Waals surface area contributed by atoms with Crippen LogP contribution < -0.4 is 5.32 Å². The molecular formula is C17H21NO4. The summed E-state index contributed by atoms with van der Waals surface area (Å²) in [6.45, 7) is 2.91. The number of nitrogens with one attached hydrogen (secondary N) is 1. The zero-order valence-electron chi connectivity index (χ0n) is 13.1. The average molecular weight is 303 g/mol. The van der Waals surface area contributed by atoms with Gasteiger partial charge >= 0.3 is 5.97 Å². The zero-order valence-corrected chi connectivity index (χ0v) is 13.1. The van der Waals surface area contributed by atoms with E-state index >= 15 is 0 Å². The van der Waals surface area contributed by atoms with Gasteiger partial charge < -0.3 is 10.1 Å². The van der Waals surface area contributed by atoms with Crippen LogP contribution in [0.4, 0.5) is 0 Å². The second kappa shape index (κ2) is 8.12.